The number of hydrogen-bond acceptors (Lipinski definition) is 2. The number of aromatic nitrogens is 2. The molecule has 1 atom stereocenters. The summed E-state index contributed by atoms with van der Waals surface area (Å²) in [7, 11) is 0. The normalized spacial score (nSPS) is 18.2. The van der Waals surface area contributed by atoms with E-state index in [1.807, 2.05) is 0 Å². The van der Waals surface area contributed by atoms with Crippen molar-refractivity contribution in [3.63, 3.8) is 0 Å². The number of nitrogens with one attached hydrogen (secondary N) is 1. The van der Waals surface area contributed by atoms with Crippen molar-refractivity contribution < 1.29 is 0 Å². The molecule has 1 unspecified atom stereocenters. The zero-order valence-electron chi connectivity index (χ0n) is 11.0. The summed E-state index contributed by atoms with van der Waals surface area (Å²) < 4.78 is 2.24. The summed E-state index contributed by atoms with van der Waals surface area (Å²) in [6, 6.07) is 8.86. The molecule has 0 saturated heterocycles. The Hall–Kier alpha value is -1.77. The van der Waals surface area contributed by atoms with Gasteiger partial charge in [0.2, 0.25) is 5.95 Å². The Kier molecular flexibility index (Phi) is 2.82. The van der Waals surface area contributed by atoms with Gasteiger partial charge in [-0.05, 0) is 18.9 Å². The van der Waals surface area contributed by atoms with Gasteiger partial charge in [0, 0.05) is 25.2 Å². The van der Waals surface area contributed by atoms with Crippen molar-refractivity contribution in [2.45, 2.75) is 32.7 Å². The minimum atomic E-state index is 0.539. The van der Waals surface area contributed by atoms with Crippen molar-refractivity contribution in [3.05, 3.63) is 47.3 Å². The molecule has 2 aromatic rings. The maximum atomic E-state index is 4.56. The Bertz CT molecular complexity index is 539. The van der Waals surface area contributed by atoms with Gasteiger partial charge in [0.25, 0.3) is 0 Å². The quantitative estimate of drug-likeness (QED) is 0.876. The van der Waals surface area contributed by atoms with Crippen LogP contribution in [0.5, 0.6) is 0 Å². The van der Waals surface area contributed by atoms with E-state index in [1.165, 1.54) is 16.8 Å². The third-order valence-corrected chi connectivity index (χ3v) is 3.66. The summed E-state index contributed by atoms with van der Waals surface area (Å²) >= 11 is 0. The average molecular weight is 241 g/mol. The minimum absolute atomic E-state index is 0.539. The lowest BCUT2D eigenvalue weighted by molar-refractivity contribution is 0.548. The number of benzene rings is 1. The van der Waals surface area contributed by atoms with Crippen LogP contribution in [0, 0.1) is 6.92 Å². The average Bonchev–Trinajstić information content (AvgIpc) is 2.81. The van der Waals surface area contributed by atoms with Crippen LogP contribution in [0.25, 0.3) is 0 Å². The Morgan fingerprint density at radius 2 is 2.11 bits per heavy atom. The van der Waals surface area contributed by atoms with Crippen LogP contribution in [0.4, 0.5) is 5.95 Å². The predicted molar refractivity (Wildman–Crippen MR) is 74.0 cm³/mol. The Morgan fingerprint density at radius 1 is 1.33 bits per heavy atom. The van der Waals surface area contributed by atoms with Crippen molar-refractivity contribution in [1.82, 2.24) is 9.55 Å². The lowest BCUT2D eigenvalue weighted by atomic mass is 9.97. The molecular formula is C15H19N3. The number of hydrogen-bond donors (Lipinski definition) is 1. The number of rotatable bonds is 2. The van der Waals surface area contributed by atoms with Gasteiger partial charge >= 0.3 is 0 Å². The zero-order valence-corrected chi connectivity index (χ0v) is 11.0. The lowest BCUT2D eigenvalue weighted by Crippen LogP contribution is -2.25. The van der Waals surface area contributed by atoms with Crippen LogP contribution in [0.3, 0.4) is 0 Å². The molecule has 1 aliphatic rings. The van der Waals surface area contributed by atoms with Crippen molar-refractivity contribution >= 4 is 5.95 Å². The third-order valence-electron chi connectivity index (χ3n) is 3.66. The lowest BCUT2D eigenvalue weighted by Gasteiger charge is -2.25. The highest BCUT2D eigenvalue weighted by Crippen LogP contribution is 2.25. The maximum Gasteiger partial charge on any atom is 0.203 e. The second-order valence-corrected chi connectivity index (χ2v) is 5.05. The number of nitrogens with zero attached hydrogens (tertiary/aromatic N) is 2. The van der Waals surface area contributed by atoms with Gasteiger partial charge in [0.15, 0.2) is 0 Å². The third kappa shape index (κ3) is 2.01. The monoisotopic (exact) mass is 241 g/mol. The molecule has 0 fully saturated rings. The topological polar surface area (TPSA) is 29.9 Å². The second kappa shape index (κ2) is 4.48. The second-order valence-electron chi connectivity index (χ2n) is 5.05. The van der Waals surface area contributed by atoms with Crippen LogP contribution in [0.1, 0.15) is 29.7 Å². The molecule has 0 aliphatic carbocycles. The van der Waals surface area contributed by atoms with Gasteiger partial charge in [0.1, 0.15) is 0 Å². The summed E-state index contributed by atoms with van der Waals surface area (Å²) in [5.74, 6) is 1.56. The number of aryl methyl sites for hydroxylation is 2. The van der Waals surface area contributed by atoms with Crippen LogP contribution in [0.15, 0.2) is 30.5 Å². The standard InChI is InChI=1S/C15H19N3/c1-3-14-10-18-9-13(8-16-15(18)17-14)12-6-4-11(2)5-7-12/h4-7,10,13H,3,8-9H2,1-2H3,(H,16,17). The van der Waals surface area contributed by atoms with Gasteiger partial charge in [0.05, 0.1) is 5.69 Å². The van der Waals surface area contributed by atoms with E-state index in [4.69, 9.17) is 0 Å². The molecule has 0 bridgehead atoms. The largest absolute Gasteiger partial charge is 0.355 e. The Morgan fingerprint density at radius 3 is 2.83 bits per heavy atom. The molecule has 1 aromatic heterocycles. The number of imidazole rings is 1. The van der Waals surface area contributed by atoms with Gasteiger partial charge in [-0.3, -0.25) is 0 Å². The van der Waals surface area contributed by atoms with Crippen molar-refractivity contribution in [3.8, 4) is 0 Å². The van der Waals surface area contributed by atoms with Crippen LogP contribution in [-0.2, 0) is 13.0 Å². The van der Waals surface area contributed by atoms with Gasteiger partial charge in [-0.15, -0.1) is 0 Å². The highest BCUT2D eigenvalue weighted by molar-refractivity contribution is 5.35. The zero-order chi connectivity index (χ0) is 12.5. The molecule has 1 aromatic carbocycles. The number of anilines is 1. The minimum Gasteiger partial charge on any atom is -0.355 e. The fourth-order valence-electron chi connectivity index (χ4n) is 2.50. The Balaban J connectivity index is 1.83. The molecule has 3 heteroatoms. The molecule has 3 nitrogen and oxygen atoms in total. The van der Waals surface area contributed by atoms with E-state index >= 15 is 0 Å². The summed E-state index contributed by atoms with van der Waals surface area (Å²) in [6.07, 6.45) is 3.17. The van der Waals surface area contributed by atoms with Crippen LogP contribution in [-0.4, -0.2) is 16.1 Å². The first kappa shape index (κ1) is 11.3. The van der Waals surface area contributed by atoms with E-state index in [-0.39, 0.29) is 0 Å². The van der Waals surface area contributed by atoms with E-state index in [0.29, 0.717) is 5.92 Å². The van der Waals surface area contributed by atoms with Gasteiger partial charge in [-0.25, -0.2) is 4.98 Å². The summed E-state index contributed by atoms with van der Waals surface area (Å²) in [4.78, 5) is 4.56. The molecule has 18 heavy (non-hydrogen) atoms. The summed E-state index contributed by atoms with van der Waals surface area (Å²) in [5, 5.41) is 3.43. The first-order valence-corrected chi connectivity index (χ1v) is 6.62. The van der Waals surface area contributed by atoms with E-state index < -0.39 is 0 Å². The smallest absolute Gasteiger partial charge is 0.203 e. The van der Waals surface area contributed by atoms with Crippen LogP contribution in [0.2, 0.25) is 0 Å². The van der Waals surface area contributed by atoms with E-state index in [0.717, 1.165) is 25.5 Å². The van der Waals surface area contributed by atoms with Crippen LogP contribution >= 0.6 is 0 Å². The first-order chi connectivity index (χ1) is 8.76. The molecular weight excluding hydrogens is 222 g/mol. The maximum absolute atomic E-state index is 4.56. The van der Waals surface area contributed by atoms with E-state index in [2.05, 4.69) is 59.2 Å². The fourth-order valence-corrected chi connectivity index (χ4v) is 2.50. The molecule has 3 rings (SSSR count). The fraction of sp³-hybridized carbons (Fsp3) is 0.400. The van der Waals surface area contributed by atoms with E-state index in [1.54, 1.807) is 0 Å². The highest BCUT2D eigenvalue weighted by atomic mass is 15.2. The van der Waals surface area contributed by atoms with Crippen LogP contribution < -0.4 is 5.32 Å². The summed E-state index contributed by atoms with van der Waals surface area (Å²) in [5.41, 5.74) is 3.90. The Labute approximate surface area is 108 Å². The van der Waals surface area contributed by atoms with Gasteiger partial charge < -0.3 is 9.88 Å². The molecule has 2 heterocycles. The SMILES string of the molecule is CCc1cn2c(n1)NCC(c1ccc(C)cc1)C2. The molecule has 1 N–H and O–H groups in total. The molecule has 0 amide bonds. The highest BCUT2D eigenvalue weighted by Gasteiger charge is 2.20. The molecule has 0 saturated carbocycles. The molecule has 0 radical (unpaired) electrons. The molecule has 0 spiro atoms. The first-order valence-electron chi connectivity index (χ1n) is 6.62. The summed E-state index contributed by atoms with van der Waals surface area (Å²) in [6.45, 7) is 6.28. The number of fused-ring (bicyclic) bond motifs is 1. The molecule has 94 valence electrons. The predicted octanol–water partition coefficient (Wildman–Crippen LogP) is 2.96. The van der Waals surface area contributed by atoms with Gasteiger partial charge in [-0.2, -0.15) is 0 Å². The van der Waals surface area contributed by atoms with Crippen molar-refractivity contribution in [1.29, 1.82) is 0 Å². The van der Waals surface area contributed by atoms with Crippen molar-refractivity contribution in [2.75, 3.05) is 11.9 Å². The molecule has 1 aliphatic heterocycles. The van der Waals surface area contributed by atoms with Gasteiger partial charge in [-0.1, -0.05) is 36.8 Å². The van der Waals surface area contributed by atoms with E-state index in [9.17, 15) is 0 Å². The van der Waals surface area contributed by atoms with Crippen molar-refractivity contribution in [2.24, 2.45) is 0 Å².